The van der Waals surface area contributed by atoms with Gasteiger partial charge in [0, 0.05) is 10.6 Å². The van der Waals surface area contributed by atoms with Crippen LogP contribution in [0.4, 0.5) is 0 Å². The summed E-state index contributed by atoms with van der Waals surface area (Å²) in [5.41, 5.74) is 2.99. The van der Waals surface area contributed by atoms with E-state index in [1.165, 1.54) is 0 Å². The average Bonchev–Trinajstić information content (AvgIpc) is 2.38. The third-order valence-corrected chi connectivity index (χ3v) is 3.45. The van der Waals surface area contributed by atoms with Crippen molar-refractivity contribution in [3.05, 3.63) is 59.1 Å². The van der Waals surface area contributed by atoms with Crippen LogP contribution in [0.15, 0.2) is 48.5 Å². The van der Waals surface area contributed by atoms with E-state index in [4.69, 9.17) is 16.7 Å². The minimum absolute atomic E-state index is 0.0139. The van der Waals surface area contributed by atoms with E-state index in [0.29, 0.717) is 5.02 Å². The van der Waals surface area contributed by atoms with Gasteiger partial charge in [-0.05, 0) is 23.1 Å². The number of hydrogen-bond donors (Lipinski definition) is 1. The number of hydrogen-bond acceptors (Lipinski definition) is 1. The van der Waals surface area contributed by atoms with E-state index in [9.17, 15) is 4.79 Å². The molecule has 1 atom stereocenters. The maximum Gasteiger partial charge on any atom is 0.303 e. The van der Waals surface area contributed by atoms with Crippen molar-refractivity contribution >= 4 is 17.6 Å². The Kier molecular flexibility index (Phi) is 4.23. The van der Waals surface area contributed by atoms with Crippen molar-refractivity contribution in [1.82, 2.24) is 0 Å². The largest absolute Gasteiger partial charge is 0.481 e. The molecule has 2 aromatic rings. The van der Waals surface area contributed by atoms with Crippen LogP contribution in [0.25, 0.3) is 11.1 Å². The molecule has 0 saturated heterocycles. The molecule has 0 bridgehead atoms. The van der Waals surface area contributed by atoms with Crippen LogP contribution in [0.3, 0.4) is 0 Å². The van der Waals surface area contributed by atoms with Crippen LogP contribution < -0.4 is 0 Å². The summed E-state index contributed by atoms with van der Waals surface area (Å²) in [4.78, 5) is 10.8. The minimum atomic E-state index is -0.782. The number of carboxylic acid groups (broad SMARTS) is 1. The van der Waals surface area contributed by atoms with Gasteiger partial charge in [0.25, 0.3) is 0 Å². The molecule has 1 unspecified atom stereocenters. The lowest BCUT2D eigenvalue weighted by atomic mass is 9.94. The molecule has 0 aliphatic carbocycles. The van der Waals surface area contributed by atoms with Crippen LogP contribution >= 0.6 is 11.6 Å². The first-order chi connectivity index (χ1) is 9.08. The van der Waals surface area contributed by atoms with Crippen molar-refractivity contribution < 1.29 is 9.90 Å². The molecule has 0 amide bonds. The molecule has 0 aliphatic heterocycles. The first kappa shape index (κ1) is 13.6. The molecule has 0 heterocycles. The second-order valence-corrected chi connectivity index (χ2v) is 5.01. The highest BCUT2D eigenvalue weighted by Crippen LogP contribution is 2.30. The summed E-state index contributed by atoms with van der Waals surface area (Å²) < 4.78 is 0. The second-order valence-electron chi connectivity index (χ2n) is 4.60. The molecule has 2 rings (SSSR count). The van der Waals surface area contributed by atoms with Gasteiger partial charge in [-0.2, -0.15) is 0 Å². The molecule has 19 heavy (non-hydrogen) atoms. The highest BCUT2D eigenvalue weighted by molar-refractivity contribution is 6.33. The smallest absolute Gasteiger partial charge is 0.303 e. The lowest BCUT2D eigenvalue weighted by molar-refractivity contribution is -0.137. The van der Waals surface area contributed by atoms with E-state index >= 15 is 0 Å². The number of benzene rings is 2. The van der Waals surface area contributed by atoms with Crippen molar-refractivity contribution in [1.29, 1.82) is 0 Å². The number of carbonyl (C=O) groups is 1. The zero-order valence-electron chi connectivity index (χ0n) is 10.6. The van der Waals surface area contributed by atoms with Crippen molar-refractivity contribution in [2.24, 2.45) is 0 Å². The van der Waals surface area contributed by atoms with Crippen LogP contribution in [0.5, 0.6) is 0 Å². The Labute approximate surface area is 117 Å². The summed E-state index contributed by atoms with van der Waals surface area (Å²) in [5.74, 6) is -0.796. The summed E-state index contributed by atoms with van der Waals surface area (Å²) in [6, 6.07) is 15.5. The lowest BCUT2D eigenvalue weighted by Crippen LogP contribution is -2.02. The van der Waals surface area contributed by atoms with Crippen molar-refractivity contribution in [3.63, 3.8) is 0 Å². The maximum absolute atomic E-state index is 10.8. The third-order valence-electron chi connectivity index (χ3n) is 3.12. The standard InChI is InChI=1S/C16H15ClO2/c1-11(9-16(18)19)12-5-4-6-13(10-12)14-7-2-3-8-15(14)17/h2-8,10-11H,9H2,1H3,(H,18,19). The van der Waals surface area contributed by atoms with Crippen molar-refractivity contribution in [2.75, 3.05) is 0 Å². The zero-order chi connectivity index (χ0) is 13.8. The van der Waals surface area contributed by atoms with Crippen LogP contribution in [-0.2, 0) is 4.79 Å². The van der Waals surface area contributed by atoms with Gasteiger partial charge < -0.3 is 5.11 Å². The van der Waals surface area contributed by atoms with E-state index in [1.54, 1.807) is 0 Å². The Balaban J connectivity index is 2.34. The van der Waals surface area contributed by atoms with Gasteiger partial charge in [0.05, 0.1) is 6.42 Å². The second kappa shape index (κ2) is 5.89. The van der Waals surface area contributed by atoms with Gasteiger partial charge in [-0.15, -0.1) is 0 Å². The number of carboxylic acids is 1. The normalized spacial score (nSPS) is 12.1. The predicted molar refractivity (Wildman–Crippen MR) is 77.6 cm³/mol. The van der Waals surface area contributed by atoms with Crippen molar-refractivity contribution in [2.45, 2.75) is 19.3 Å². The first-order valence-electron chi connectivity index (χ1n) is 6.14. The Morgan fingerprint density at radius 3 is 2.63 bits per heavy atom. The molecule has 0 spiro atoms. The van der Waals surface area contributed by atoms with E-state index in [0.717, 1.165) is 16.7 Å². The lowest BCUT2D eigenvalue weighted by Gasteiger charge is -2.11. The molecule has 1 N–H and O–H groups in total. The van der Waals surface area contributed by atoms with Gasteiger partial charge in [-0.1, -0.05) is 61.0 Å². The molecule has 0 fully saturated rings. The molecule has 0 radical (unpaired) electrons. The summed E-state index contributed by atoms with van der Waals surface area (Å²) >= 11 is 6.18. The molecule has 98 valence electrons. The quantitative estimate of drug-likeness (QED) is 0.886. The third kappa shape index (κ3) is 3.36. The molecule has 0 aromatic heterocycles. The topological polar surface area (TPSA) is 37.3 Å². The van der Waals surface area contributed by atoms with Crippen molar-refractivity contribution in [3.8, 4) is 11.1 Å². The first-order valence-corrected chi connectivity index (χ1v) is 6.52. The van der Waals surface area contributed by atoms with Gasteiger partial charge >= 0.3 is 5.97 Å². The maximum atomic E-state index is 10.8. The fourth-order valence-electron chi connectivity index (χ4n) is 2.09. The van der Waals surface area contributed by atoms with Crippen LogP contribution in [0.1, 0.15) is 24.8 Å². The Morgan fingerprint density at radius 2 is 1.95 bits per heavy atom. The molecular formula is C16H15ClO2. The monoisotopic (exact) mass is 274 g/mol. The van der Waals surface area contributed by atoms with Gasteiger partial charge in [-0.3, -0.25) is 4.79 Å². The molecule has 2 nitrogen and oxygen atoms in total. The molecular weight excluding hydrogens is 260 g/mol. The van der Waals surface area contributed by atoms with Crippen LogP contribution in [0, 0.1) is 0 Å². The van der Waals surface area contributed by atoms with E-state index in [-0.39, 0.29) is 12.3 Å². The van der Waals surface area contributed by atoms with Crippen LogP contribution in [-0.4, -0.2) is 11.1 Å². The zero-order valence-corrected chi connectivity index (χ0v) is 11.4. The Morgan fingerprint density at radius 1 is 1.21 bits per heavy atom. The SMILES string of the molecule is CC(CC(=O)O)c1cccc(-c2ccccc2Cl)c1. The summed E-state index contributed by atoms with van der Waals surface area (Å²) in [5, 5.41) is 9.55. The number of aliphatic carboxylic acids is 1. The highest BCUT2D eigenvalue weighted by Gasteiger charge is 2.11. The Hall–Kier alpha value is -1.80. The average molecular weight is 275 g/mol. The Bertz CT molecular complexity index is 593. The summed E-state index contributed by atoms with van der Waals surface area (Å²) in [6.45, 7) is 1.92. The van der Waals surface area contributed by atoms with Gasteiger partial charge in [0.2, 0.25) is 0 Å². The number of rotatable bonds is 4. The predicted octanol–water partition coefficient (Wildman–Crippen LogP) is 4.59. The fourth-order valence-corrected chi connectivity index (χ4v) is 2.33. The summed E-state index contributed by atoms with van der Waals surface area (Å²) in [7, 11) is 0. The van der Waals surface area contributed by atoms with E-state index in [2.05, 4.69) is 0 Å². The minimum Gasteiger partial charge on any atom is -0.481 e. The molecule has 2 aromatic carbocycles. The highest BCUT2D eigenvalue weighted by atomic mass is 35.5. The van der Waals surface area contributed by atoms with Crippen LogP contribution in [0.2, 0.25) is 5.02 Å². The molecule has 3 heteroatoms. The number of halogens is 1. The van der Waals surface area contributed by atoms with Gasteiger partial charge in [-0.25, -0.2) is 0 Å². The van der Waals surface area contributed by atoms with E-state index in [1.807, 2.05) is 55.5 Å². The van der Waals surface area contributed by atoms with E-state index < -0.39 is 5.97 Å². The molecule has 0 aliphatic rings. The van der Waals surface area contributed by atoms with Gasteiger partial charge in [0.15, 0.2) is 0 Å². The molecule has 0 saturated carbocycles. The van der Waals surface area contributed by atoms with Gasteiger partial charge in [0.1, 0.15) is 0 Å². The fraction of sp³-hybridized carbons (Fsp3) is 0.188. The summed E-state index contributed by atoms with van der Waals surface area (Å²) in [6.07, 6.45) is 0.131.